The number of benzene rings is 2. The van der Waals surface area contributed by atoms with Gasteiger partial charge in [-0.3, -0.25) is 14.6 Å². The Balaban J connectivity index is 1.59. The van der Waals surface area contributed by atoms with Crippen molar-refractivity contribution in [1.29, 1.82) is 0 Å². The average Bonchev–Trinajstić information content (AvgIpc) is 2.86. The summed E-state index contributed by atoms with van der Waals surface area (Å²) in [5.74, 6) is -0.976. The van der Waals surface area contributed by atoms with Gasteiger partial charge in [0.05, 0.1) is 18.0 Å². The maximum absolute atomic E-state index is 13.4. The minimum absolute atomic E-state index is 0.124. The zero-order chi connectivity index (χ0) is 26.8. The predicted molar refractivity (Wildman–Crippen MR) is 140 cm³/mol. The van der Waals surface area contributed by atoms with Gasteiger partial charge in [-0.25, -0.2) is 4.79 Å². The highest BCUT2D eigenvalue weighted by molar-refractivity contribution is 6.27. The van der Waals surface area contributed by atoms with Crippen LogP contribution in [0.3, 0.4) is 0 Å². The molecular formula is C28H35N3O6. The lowest BCUT2D eigenvalue weighted by atomic mass is 10.0. The van der Waals surface area contributed by atoms with Gasteiger partial charge >= 0.3 is 5.97 Å². The molecule has 9 nitrogen and oxygen atoms in total. The fourth-order valence-electron chi connectivity index (χ4n) is 3.94. The highest BCUT2D eigenvalue weighted by atomic mass is 16.6. The molecule has 1 aliphatic rings. The number of phenols is 1. The maximum Gasteiger partial charge on any atom is 0.332 e. The molecule has 2 aromatic rings. The normalized spacial score (nSPS) is 15.4. The van der Waals surface area contributed by atoms with E-state index in [1.165, 1.54) is 6.21 Å². The molecule has 3 rings (SSSR count). The first-order valence-corrected chi connectivity index (χ1v) is 12.4. The summed E-state index contributed by atoms with van der Waals surface area (Å²) in [5, 5.41) is 12.4. The number of para-hydroxylation sites is 1. The van der Waals surface area contributed by atoms with E-state index in [1.807, 2.05) is 18.2 Å². The Morgan fingerprint density at radius 2 is 1.73 bits per heavy atom. The van der Waals surface area contributed by atoms with E-state index in [0.29, 0.717) is 31.6 Å². The third-order valence-corrected chi connectivity index (χ3v) is 5.69. The number of nitrogens with zero attached hydrogens (tertiary/aromatic N) is 2. The molecule has 2 aromatic carbocycles. The summed E-state index contributed by atoms with van der Waals surface area (Å²) in [4.78, 5) is 43.8. The van der Waals surface area contributed by atoms with Crippen molar-refractivity contribution >= 4 is 29.7 Å². The van der Waals surface area contributed by atoms with Crippen molar-refractivity contribution in [2.24, 2.45) is 4.99 Å². The third kappa shape index (κ3) is 9.69. The highest BCUT2D eigenvalue weighted by Crippen LogP contribution is 2.18. The van der Waals surface area contributed by atoms with Crippen LogP contribution in [0.5, 0.6) is 5.75 Å². The standard InChI is InChI=1S/C28H35N3O6/c1-28(2,3)37-26(34)19-36-23-13-15-31(16-14-23)27(35)24(17-20-9-11-22(32)12-10-20)30-25(33)18-29-21-7-5-4-6-8-21/h4-12,18,23-24,32H,13-17,19H2,1-3H3,(H,30,33). The maximum atomic E-state index is 13.4. The van der Waals surface area contributed by atoms with Gasteiger partial charge in [0.2, 0.25) is 5.91 Å². The molecule has 1 heterocycles. The van der Waals surface area contributed by atoms with Gasteiger partial charge in [-0.15, -0.1) is 0 Å². The quantitative estimate of drug-likeness (QED) is 0.396. The number of carbonyl (C=O) groups excluding carboxylic acids is 3. The topological polar surface area (TPSA) is 118 Å². The molecule has 9 heteroatoms. The molecule has 2 amide bonds. The van der Waals surface area contributed by atoms with Crippen molar-refractivity contribution in [2.75, 3.05) is 19.7 Å². The second-order valence-corrected chi connectivity index (χ2v) is 9.95. The van der Waals surface area contributed by atoms with Gasteiger partial charge in [-0.2, -0.15) is 0 Å². The Bertz CT molecular complexity index is 1070. The lowest BCUT2D eigenvalue weighted by molar-refractivity contribution is -0.163. The third-order valence-electron chi connectivity index (χ3n) is 5.69. The number of ether oxygens (including phenoxy) is 2. The lowest BCUT2D eigenvalue weighted by Crippen LogP contribution is -2.52. The van der Waals surface area contributed by atoms with Gasteiger partial charge in [-0.05, 0) is 63.4 Å². The number of rotatable bonds is 9. The van der Waals surface area contributed by atoms with Crippen molar-refractivity contribution in [3.05, 3.63) is 60.2 Å². The van der Waals surface area contributed by atoms with Gasteiger partial charge in [0.15, 0.2) is 0 Å². The Morgan fingerprint density at radius 3 is 2.35 bits per heavy atom. The van der Waals surface area contributed by atoms with Gasteiger partial charge in [0.1, 0.15) is 24.0 Å². The molecule has 37 heavy (non-hydrogen) atoms. The number of aliphatic imine (C=N–C) groups is 1. The van der Waals surface area contributed by atoms with Gasteiger partial charge < -0.3 is 24.8 Å². The lowest BCUT2D eigenvalue weighted by Gasteiger charge is -2.34. The van der Waals surface area contributed by atoms with E-state index in [4.69, 9.17) is 9.47 Å². The molecule has 1 aliphatic heterocycles. The van der Waals surface area contributed by atoms with E-state index in [1.54, 1.807) is 62.1 Å². The predicted octanol–water partition coefficient (Wildman–Crippen LogP) is 3.17. The summed E-state index contributed by atoms with van der Waals surface area (Å²) >= 11 is 0. The molecule has 0 radical (unpaired) electrons. The van der Waals surface area contributed by atoms with E-state index in [-0.39, 0.29) is 30.8 Å². The Morgan fingerprint density at radius 1 is 1.08 bits per heavy atom. The molecule has 1 unspecified atom stereocenters. The minimum Gasteiger partial charge on any atom is -0.508 e. The van der Waals surface area contributed by atoms with E-state index < -0.39 is 23.5 Å². The largest absolute Gasteiger partial charge is 0.508 e. The fraction of sp³-hybridized carbons (Fsp3) is 0.429. The molecule has 1 atom stereocenters. The summed E-state index contributed by atoms with van der Waals surface area (Å²) in [6.07, 6.45) is 2.43. The van der Waals surface area contributed by atoms with Gasteiger partial charge in [0.25, 0.3) is 5.91 Å². The number of phenolic OH excluding ortho intramolecular Hbond substituents is 1. The molecular weight excluding hydrogens is 474 g/mol. The summed E-state index contributed by atoms with van der Waals surface area (Å²) in [6, 6.07) is 14.8. The number of hydrogen-bond acceptors (Lipinski definition) is 7. The Hall–Kier alpha value is -3.72. The summed E-state index contributed by atoms with van der Waals surface area (Å²) in [6.45, 7) is 6.16. The molecule has 1 saturated heterocycles. The highest BCUT2D eigenvalue weighted by Gasteiger charge is 2.30. The molecule has 0 saturated carbocycles. The van der Waals surface area contributed by atoms with Gasteiger partial charge in [-0.1, -0.05) is 30.3 Å². The number of piperidine rings is 1. The van der Waals surface area contributed by atoms with Crippen LogP contribution in [-0.4, -0.2) is 71.4 Å². The molecule has 0 aliphatic carbocycles. The number of amides is 2. The van der Waals surface area contributed by atoms with Crippen molar-refractivity contribution < 1.29 is 29.0 Å². The molecule has 0 aromatic heterocycles. The van der Waals surface area contributed by atoms with Crippen LogP contribution in [0, 0.1) is 0 Å². The van der Waals surface area contributed by atoms with Crippen LogP contribution in [0.15, 0.2) is 59.6 Å². The SMILES string of the molecule is CC(C)(C)OC(=O)COC1CCN(C(=O)C(Cc2ccc(O)cc2)NC(=O)C=Nc2ccccc2)CC1. The molecule has 0 spiro atoms. The number of esters is 1. The smallest absolute Gasteiger partial charge is 0.332 e. The van der Waals surface area contributed by atoms with Crippen molar-refractivity contribution in [2.45, 2.75) is 57.8 Å². The van der Waals surface area contributed by atoms with Crippen LogP contribution in [0.1, 0.15) is 39.2 Å². The summed E-state index contributed by atoms with van der Waals surface area (Å²) < 4.78 is 11.0. The summed E-state index contributed by atoms with van der Waals surface area (Å²) in [7, 11) is 0. The van der Waals surface area contributed by atoms with E-state index in [0.717, 1.165) is 5.56 Å². The van der Waals surface area contributed by atoms with E-state index in [2.05, 4.69) is 10.3 Å². The Kier molecular flexibility index (Phi) is 9.79. The zero-order valence-electron chi connectivity index (χ0n) is 21.6. The van der Waals surface area contributed by atoms with Crippen LogP contribution in [0.4, 0.5) is 5.69 Å². The van der Waals surface area contributed by atoms with E-state index in [9.17, 15) is 19.5 Å². The number of carbonyl (C=O) groups is 3. The van der Waals surface area contributed by atoms with Crippen molar-refractivity contribution in [1.82, 2.24) is 10.2 Å². The van der Waals surface area contributed by atoms with Gasteiger partial charge in [0, 0.05) is 19.5 Å². The van der Waals surface area contributed by atoms with Crippen LogP contribution in [0.2, 0.25) is 0 Å². The second-order valence-electron chi connectivity index (χ2n) is 9.95. The van der Waals surface area contributed by atoms with Crippen LogP contribution in [-0.2, 0) is 30.3 Å². The monoisotopic (exact) mass is 509 g/mol. The number of aromatic hydroxyl groups is 1. The zero-order valence-corrected chi connectivity index (χ0v) is 21.6. The summed E-state index contributed by atoms with van der Waals surface area (Å²) in [5.41, 5.74) is 0.860. The second kappa shape index (κ2) is 13.0. The number of nitrogens with one attached hydrogen (secondary N) is 1. The molecule has 0 bridgehead atoms. The number of likely N-dealkylation sites (tertiary alicyclic amines) is 1. The molecule has 2 N–H and O–H groups in total. The fourth-order valence-corrected chi connectivity index (χ4v) is 3.94. The van der Waals surface area contributed by atoms with Crippen LogP contribution < -0.4 is 5.32 Å². The first-order chi connectivity index (χ1) is 17.6. The molecule has 1 fully saturated rings. The first-order valence-electron chi connectivity index (χ1n) is 12.4. The van der Waals surface area contributed by atoms with Crippen LogP contribution in [0.25, 0.3) is 0 Å². The average molecular weight is 510 g/mol. The van der Waals surface area contributed by atoms with E-state index >= 15 is 0 Å². The van der Waals surface area contributed by atoms with Crippen molar-refractivity contribution in [3.63, 3.8) is 0 Å². The molecule has 198 valence electrons. The van der Waals surface area contributed by atoms with Crippen molar-refractivity contribution in [3.8, 4) is 5.75 Å². The first kappa shape index (κ1) is 27.9. The Labute approximate surface area is 217 Å². The minimum atomic E-state index is -0.807. The van der Waals surface area contributed by atoms with Crippen LogP contribution >= 0.6 is 0 Å². The number of hydrogen-bond donors (Lipinski definition) is 2.